The van der Waals surface area contributed by atoms with E-state index in [1.165, 1.54) is 28.8 Å². The predicted octanol–water partition coefficient (Wildman–Crippen LogP) is -0.416. The molecule has 3 heterocycles. The van der Waals surface area contributed by atoms with Crippen LogP contribution in [0, 0.1) is 11.3 Å². The maximum Gasteiger partial charge on any atom is 0.245 e. The number of nitriles is 1. The quantitative estimate of drug-likeness (QED) is 0.398. The lowest BCUT2D eigenvalue weighted by Crippen LogP contribution is -2.43. The van der Waals surface area contributed by atoms with Crippen LogP contribution in [0.3, 0.4) is 0 Å². The minimum absolute atomic E-state index is 0.135. The van der Waals surface area contributed by atoms with Crippen LogP contribution in [0.2, 0.25) is 0 Å². The highest BCUT2D eigenvalue weighted by molar-refractivity contribution is 7.12. The van der Waals surface area contributed by atoms with Crippen molar-refractivity contribution in [2.45, 2.75) is 12.6 Å². The molecule has 1 unspecified atom stereocenters. The topological polar surface area (TPSA) is 142 Å². The van der Waals surface area contributed by atoms with E-state index in [-0.39, 0.29) is 12.5 Å². The van der Waals surface area contributed by atoms with Gasteiger partial charge in [-0.15, -0.1) is 16.4 Å². The zero-order valence-corrected chi connectivity index (χ0v) is 15.1. The predicted molar refractivity (Wildman–Crippen MR) is 101 cm³/mol. The molecule has 5 N–H and O–H groups in total. The molecule has 0 fully saturated rings. The van der Waals surface area contributed by atoms with Gasteiger partial charge in [-0.2, -0.15) is 10.4 Å². The van der Waals surface area contributed by atoms with Crippen molar-refractivity contribution in [2.75, 3.05) is 13.1 Å². The summed E-state index contributed by atoms with van der Waals surface area (Å²) in [5.41, 5.74) is 9.84. The van der Waals surface area contributed by atoms with Crippen molar-refractivity contribution in [2.24, 2.45) is 15.9 Å². The highest BCUT2D eigenvalue weighted by Crippen LogP contribution is 2.20. The Morgan fingerprint density at radius 2 is 2.52 bits per heavy atom. The molecule has 0 saturated carbocycles. The number of carbonyl (C=O) groups is 1. The highest BCUT2D eigenvalue weighted by atomic mass is 32.1. The van der Waals surface area contributed by atoms with Crippen LogP contribution in [-0.2, 0) is 4.79 Å². The van der Waals surface area contributed by atoms with E-state index < -0.39 is 6.23 Å². The Balaban J connectivity index is 1.63. The van der Waals surface area contributed by atoms with Gasteiger partial charge in [0.1, 0.15) is 24.7 Å². The van der Waals surface area contributed by atoms with E-state index in [0.717, 1.165) is 0 Å². The fourth-order valence-corrected chi connectivity index (χ4v) is 3.31. The lowest BCUT2D eigenvalue weighted by atomic mass is 10.2. The first-order valence-electron chi connectivity index (χ1n) is 8.07. The van der Waals surface area contributed by atoms with Crippen LogP contribution in [0.25, 0.3) is 0 Å². The van der Waals surface area contributed by atoms with E-state index in [9.17, 15) is 9.90 Å². The molecule has 1 aromatic rings. The molecule has 140 valence electrons. The van der Waals surface area contributed by atoms with Crippen molar-refractivity contribution >= 4 is 29.3 Å². The van der Waals surface area contributed by atoms with E-state index in [1.807, 2.05) is 0 Å². The van der Waals surface area contributed by atoms with Crippen molar-refractivity contribution in [3.8, 4) is 6.07 Å². The average molecular weight is 386 g/mol. The van der Waals surface area contributed by atoms with E-state index in [0.29, 0.717) is 34.8 Å². The second kappa shape index (κ2) is 8.35. The Hall–Kier alpha value is -3.36. The first-order valence-corrected chi connectivity index (χ1v) is 8.95. The standard InChI is InChI=1S/C16H18N8O2S/c17-7-11-4-6-27-16(11)13-1-2-15(26)23(22-13)9-14(25)21-12-3-5-24(19-8-12)20-10-18/h1-2,4,6,8,10,15,19,26H,3,5,9H2,(H2,18,20)(H,21,25). The number of allylic oxidation sites excluding steroid dienone is 1. The molecule has 1 atom stereocenters. The first-order chi connectivity index (χ1) is 13.1. The first kappa shape index (κ1) is 18.4. The molecule has 0 bridgehead atoms. The van der Waals surface area contributed by atoms with E-state index in [2.05, 4.69) is 27.0 Å². The monoisotopic (exact) mass is 386 g/mol. The molecule has 0 radical (unpaired) electrons. The number of carbonyl (C=O) groups excluding carboxylic acids is 1. The molecule has 10 nitrogen and oxygen atoms in total. The third-order valence-corrected chi connectivity index (χ3v) is 4.72. The van der Waals surface area contributed by atoms with Gasteiger partial charge in [-0.05, 0) is 23.6 Å². The Labute approximate surface area is 159 Å². The SMILES string of the molecule is N#Cc1ccsc1C1=NN(CC(=O)NC2=CNN(/N=C\N)CC2)C(O)C=C1. The molecule has 3 rings (SSSR count). The number of rotatable bonds is 5. The van der Waals surface area contributed by atoms with Gasteiger partial charge in [0.25, 0.3) is 0 Å². The van der Waals surface area contributed by atoms with Gasteiger partial charge in [-0.1, -0.05) is 0 Å². The minimum atomic E-state index is -1.02. The van der Waals surface area contributed by atoms with Gasteiger partial charge in [-0.3, -0.25) is 15.2 Å². The third kappa shape index (κ3) is 4.43. The number of hydrogen-bond donors (Lipinski definition) is 4. The van der Waals surface area contributed by atoms with E-state index in [4.69, 9.17) is 11.0 Å². The average Bonchev–Trinajstić information content (AvgIpc) is 3.14. The summed E-state index contributed by atoms with van der Waals surface area (Å²) >= 11 is 1.38. The van der Waals surface area contributed by atoms with Crippen LogP contribution in [0.15, 0.2) is 45.7 Å². The summed E-state index contributed by atoms with van der Waals surface area (Å²) in [6.07, 6.45) is 5.54. The summed E-state index contributed by atoms with van der Waals surface area (Å²) in [5.74, 6) is -0.317. The number of amides is 1. The fourth-order valence-electron chi connectivity index (χ4n) is 2.50. The van der Waals surface area contributed by atoms with Crippen LogP contribution in [0.1, 0.15) is 16.9 Å². The minimum Gasteiger partial charge on any atom is -0.388 e. The number of nitrogens with two attached hydrogens (primary N) is 1. The van der Waals surface area contributed by atoms with Crippen molar-refractivity contribution in [3.63, 3.8) is 0 Å². The maximum absolute atomic E-state index is 12.3. The number of nitrogens with one attached hydrogen (secondary N) is 2. The Kier molecular flexibility index (Phi) is 5.70. The van der Waals surface area contributed by atoms with Gasteiger partial charge in [0.15, 0.2) is 6.23 Å². The Morgan fingerprint density at radius 1 is 1.67 bits per heavy atom. The highest BCUT2D eigenvalue weighted by Gasteiger charge is 2.22. The third-order valence-electron chi connectivity index (χ3n) is 3.78. The smallest absolute Gasteiger partial charge is 0.245 e. The van der Waals surface area contributed by atoms with Crippen molar-refractivity contribution < 1.29 is 9.90 Å². The molecule has 27 heavy (non-hydrogen) atoms. The lowest BCUT2D eigenvalue weighted by Gasteiger charge is -2.27. The molecule has 11 heteroatoms. The summed E-state index contributed by atoms with van der Waals surface area (Å²) in [6.45, 7) is 0.413. The number of aliphatic hydroxyl groups excluding tert-OH is 1. The van der Waals surface area contributed by atoms with Gasteiger partial charge in [0.05, 0.1) is 17.0 Å². The summed E-state index contributed by atoms with van der Waals surface area (Å²) in [5, 5.41) is 34.8. The molecule has 0 aliphatic carbocycles. The number of hydrazine groups is 1. The second-order valence-electron chi connectivity index (χ2n) is 5.62. The van der Waals surface area contributed by atoms with Gasteiger partial charge in [0, 0.05) is 18.3 Å². The maximum atomic E-state index is 12.3. The molecular weight excluding hydrogens is 368 g/mol. The lowest BCUT2D eigenvalue weighted by molar-refractivity contribution is -0.123. The van der Waals surface area contributed by atoms with E-state index in [1.54, 1.807) is 28.8 Å². The molecule has 0 aromatic carbocycles. The number of hydrogen-bond acceptors (Lipinski definition) is 9. The number of nitrogens with zero attached hydrogens (tertiary/aromatic N) is 5. The number of hydrazone groups is 2. The van der Waals surface area contributed by atoms with Crippen LogP contribution < -0.4 is 16.5 Å². The van der Waals surface area contributed by atoms with Crippen LogP contribution in [0.5, 0.6) is 0 Å². The summed E-state index contributed by atoms with van der Waals surface area (Å²) in [4.78, 5) is 13.0. The Morgan fingerprint density at radius 3 is 3.22 bits per heavy atom. The fraction of sp³-hybridized carbons (Fsp3) is 0.250. The van der Waals surface area contributed by atoms with Crippen molar-refractivity contribution in [1.29, 1.82) is 5.26 Å². The zero-order chi connectivity index (χ0) is 19.2. The van der Waals surface area contributed by atoms with Crippen molar-refractivity contribution in [1.82, 2.24) is 20.9 Å². The van der Waals surface area contributed by atoms with Gasteiger partial charge in [-0.25, -0.2) is 5.12 Å². The molecule has 2 aliphatic rings. The van der Waals surface area contributed by atoms with Crippen LogP contribution >= 0.6 is 11.3 Å². The molecular formula is C16H18N8O2S. The largest absolute Gasteiger partial charge is 0.388 e. The summed E-state index contributed by atoms with van der Waals surface area (Å²) < 4.78 is 0. The van der Waals surface area contributed by atoms with Crippen LogP contribution in [0.4, 0.5) is 0 Å². The number of aliphatic hydroxyl groups is 1. The summed E-state index contributed by atoms with van der Waals surface area (Å²) in [6, 6.07) is 3.81. The number of thiophene rings is 1. The van der Waals surface area contributed by atoms with Crippen molar-refractivity contribution in [3.05, 3.63) is 45.9 Å². The van der Waals surface area contributed by atoms with Gasteiger partial charge < -0.3 is 16.2 Å². The molecule has 2 aliphatic heterocycles. The second-order valence-corrected chi connectivity index (χ2v) is 6.53. The summed E-state index contributed by atoms with van der Waals surface area (Å²) in [7, 11) is 0. The molecule has 1 aromatic heterocycles. The normalized spacial score (nSPS) is 19.3. The van der Waals surface area contributed by atoms with Gasteiger partial charge in [0.2, 0.25) is 5.91 Å². The van der Waals surface area contributed by atoms with E-state index >= 15 is 0 Å². The zero-order valence-electron chi connectivity index (χ0n) is 14.2. The van der Waals surface area contributed by atoms with Crippen LogP contribution in [-0.4, -0.2) is 52.5 Å². The van der Waals surface area contributed by atoms with Gasteiger partial charge >= 0.3 is 0 Å². The molecule has 0 spiro atoms. The Bertz CT molecular complexity index is 866. The molecule has 0 saturated heterocycles. The molecule has 1 amide bonds.